The number of carbonyl (C=O) groups excluding carboxylic acids is 1. The number of carbonyl (C=O) groups is 1. The predicted octanol–water partition coefficient (Wildman–Crippen LogP) is 3.85. The minimum absolute atomic E-state index is 0.0458. The molecule has 1 N–H and O–H groups in total. The van der Waals surface area contributed by atoms with E-state index in [0.29, 0.717) is 0 Å². The molecule has 0 aliphatic heterocycles. The van der Waals surface area contributed by atoms with E-state index in [-0.39, 0.29) is 40.7 Å². The molecule has 0 aromatic heterocycles. The zero-order valence-corrected chi connectivity index (χ0v) is 13.3. The van der Waals surface area contributed by atoms with Crippen LogP contribution in [0, 0.1) is 17.6 Å². The third-order valence-corrected chi connectivity index (χ3v) is 2.86. The second kappa shape index (κ2) is 7.45. The van der Waals surface area contributed by atoms with Crippen molar-refractivity contribution in [2.45, 2.75) is 40.2 Å². The normalized spacial score (nSPS) is 10.9. The summed E-state index contributed by atoms with van der Waals surface area (Å²) in [5.41, 5.74) is 0.124. The maximum atomic E-state index is 13.8. The first-order valence-corrected chi connectivity index (χ1v) is 7.09. The van der Waals surface area contributed by atoms with Gasteiger partial charge in [-0.25, -0.2) is 8.78 Å². The molecular formula is C15H19F2NO2S. The van der Waals surface area contributed by atoms with Crippen LogP contribution in [0.2, 0.25) is 0 Å². The molecule has 0 heterocycles. The van der Waals surface area contributed by atoms with Gasteiger partial charge in [-0.3, -0.25) is 4.79 Å². The Morgan fingerprint density at radius 1 is 1.24 bits per heavy atom. The van der Waals surface area contributed by atoms with Crippen molar-refractivity contribution < 1.29 is 18.3 Å². The second-order valence-corrected chi connectivity index (χ2v) is 5.74. The van der Waals surface area contributed by atoms with Gasteiger partial charge in [-0.15, -0.1) is 0 Å². The molecule has 1 amide bonds. The van der Waals surface area contributed by atoms with Gasteiger partial charge in [0, 0.05) is 18.4 Å². The van der Waals surface area contributed by atoms with E-state index in [1.54, 1.807) is 13.8 Å². The zero-order valence-electron chi connectivity index (χ0n) is 12.5. The fourth-order valence-corrected chi connectivity index (χ4v) is 1.91. The van der Waals surface area contributed by atoms with Gasteiger partial charge in [0.25, 0.3) is 0 Å². The van der Waals surface area contributed by atoms with E-state index < -0.39 is 11.6 Å². The molecule has 6 heteroatoms. The lowest BCUT2D eigenvalue weighted by Gasteiger charge is -2.13. The molecule has 0 unspecified atom stereocenters. The van der Waals surface area contributed by atoms with Gasteiger partial charge in [0.15, 0.2) is 5.05 Å². The van der Waals surface area contributed by atoms with Crippen LogP contribution in [0.5, 0.6) is 0 Å². The van der Waals surface area contributed by atoms with E-state index in [2.05, 4.69) is 5.32 Å². The average Bonchev–Trinajstić information content (AvgIpc) is 2.33. The first-order valence-electron chi connectivity index (χ1n) is 6.69. The van der Waals surface area contributed by atoms with Crippen molar-refractivity contribution >= 4 is 28.9 Å². The molecule has 1 aromatic rings. The van der Waals surface area contributed by atoms with Gasteiger partial charge in [0.2, 0.25) is 5.91 Å². The molecule has 0 saturated carbocycles. The molecule has 1 rings (SSSR count). The number of halogens is 2. The summed E-state index contributed by atoms with van der Waals surface area (Å²) in [6.07, 6.45) is -0.0643. The van der Waals surface area contributed by atoms with Gasteiger partial charge < -0.3 is 10.1 Å². The van der Waals surface area contributed by atoms with E-state index >= 15 is 0 Å². The van der Waals surface area contributed by atoms with Gasteiger partial charge in [-0.1, -0.05) is 13.8 Å². The maximum Gasteiger partial charge on any atom is 0.227 e. The van der Waals surface area contributed by atoms with Crippen LogP contribution in [0.25, 0.3) is 0 Å². The molecule has 0 aliphatic carbocycles. The maximum absolute atomic E-state index is 13.8. The average molecular weight is 315 g/mol. The van der Waals surface area contributed by atoms with E-state index in [1.165, 1.54) is 6.07 Å². The van der Waals surface area contributed by atoms with E-state index in [9.17, 15) is 13.6 Å². The Balaban J connectivity index is 2.95. The second-order valence-electron chi connectivity index (χ2n) is 5.28. The lowest BCUT2D eigenvalue weighted by Crippen LogP contribution is -2.19. The molecule has 1 aromatic carbocycles. The highest BCUT2D eigenvalue weighted by Gasteiger charge is 2.15. The van der Waals surface area contributed by atoms with Gasteiger partial charge >= 0.3 is 0 Å². The Bertz CT molecular complexity index is 545. The predicted molar refractivity (Wildman–Crippen MR) is 82.3 cm³/mol. The first kappa shape index (κ1) is 17.5. The largest absolute Gasteiger partial charge is 0.484 e. The van der Waals surface area contributed by atoms with Crippen LogP contribution < -0.4 is 5.32 Å². The van der Waals surface area contributed by atoms with Crippen LogP contribution >= 0.6 is 12.2 Å². The summed E-state index contributed by atoms with van der Waals surface area (Å²) >= 11 is 5.01. The summed E-state index contributed by atoms with van der Waals surface area (Å²) in [6.45, 7) is 6.98. The quantitative estimate of drug-likeness (QED) is 0.839. The fourth-order valence-electron chi connectivity index (χ4n) is 1.56. The SMILES string of the molecule is CC(C)OC(=S)Cc1cc(NC(=O)C(C)C)c(F)cc1F. The van der Waals surface area contributed by atoms with Crippen LogP contribution in [-0.2, 0) is 16.0 Å². The number of anilines is 1. The molecular weight excluding hydrogens is 296 g/mol. The molecule has 21 heavy (non-hydrogen) atoms. The van der Waals surface area contributed by atoms with Gasteiger partial charge in [-0.05, 0) is 37.7 Å². The van der Waals surface area contributed by atoms with Gasteiger partial charge in [0.05, 0.1) is 11.8 Å². The molecule has 0 atom stereocenters. The van der Waals surface area contributed by atoms with E-state index in [0.717, 1.165) is 6.07 Å². The van der Waals surface area contributed by atoms with Crippen molar-refractivity contribution in [2.75, 3.05) is 5.32 Å². The van der Waals surface area contributed by atoms with Crippen molar-refractivity contribution in [1.29, 1.82) is 0 Å². The summed E-state index contributed by atoms with van der Waals surface area (Å²) < 4.78 is 32.7. The molecule has 0 bridgehead atoms. The van der Waals surface area contributed by atoms with Crippen LogP contribution in [0.1, 0.15) is 33.3 Å². The summed E-state index contributed by atoms with van der Waals surface area (Å²) in [7, 11) is 0. The van der Waals surface area contributed by atoms with Gasteiger partial charge in [-0.2, -0.15) is 0 Å². The van der Waals surface area contributed by atoms with Crippen LogP contribution in [0.3, 0.4) is 0 Å². The number of amides is 1. The molecule has 0 radical (unpaired) electrons. The smallest absolute Gasteiger partial charge is 0.227 e. The summed E-state index contributed by atoms with van der Waals surface area (Å²) in [6, 6.07) is 1.99. The summed E-state index contributed by atoms with van der Waals surface area (Å²) in [5.74, 6) is -2.18. The highest BCUT2D eigenvalue weighted by atomic mass is 32.1. The van der Waals surface area contributed by atoms with Crippen molar-refractivity contribution in [1.82, 2.24) is 0 Å². The topological polar surface area (TPSA) is 38.3 Å². The van der Waals surface area contributed by atoms with Crippen molar-refractivity contribution in [3.63, 3.8) is 0 Å². The van der Waals surface area contributed by atoms with Crippen LogP contribution in [-0.4, -0.2) is 17.1 Å². The highest BCUT2D eigenvalue weighted by molar-refractivity contribution is 7.80. The molecule has 0 aliphatic rings. The first-order chi connectivity index (χ1) is 9.70. The highest BCUT2D eigenvalue weighted by Crippen LogP contribution is 2.21. The number of nitrogens with one attached hydrogen (secondary N) is 1. The van der Waals surface area contributed by atoms with Crippen molar-refractivity contribution in [3.05, 3.63) is 29.3 Å². The van der Waals surface area contributed by atoms with E-state index in [4.69, 9.17) is 17.0 Å². The number of rotatable bonds is 5. The Kier molecular flexibility index (Phi) is 6.20. The Labute approximate surface area is 128 Å². The van der Waals surface area contributed by atoms with Crippen molar-refractivity contribution in [2.24, 2.45) is 5.92 Å². The lowest BCUT2D eigenvalue weighted by molar-refractivity contribution is -0.118. The number of thiocarbonyl (C=S) groups is 1. The molecule has 3 nitrogen and oxygen atoms in total. The number of benzene rings is 1. The monoisotopic (exact) mass is 315 g/mol. The third-order valence-electron chi connectivity index (χ3n) is 2.62. The minimum Gasteiger partial charge on any atom is -0.484 e. The molecule has 0 spiro atoms. The number of hydrogen-bond acceptors (Lipinski definition) is 3. The Morgan fingerprint density at radius 3 is 2.38 bits per heavy atom. The number of hydrogen-bond donors (Lipinski definition) is 1. The molecule has 0 fully saturated rings. The van der Waals surface area contributed by atoms with Crippen molar-refractivity contribution in [3.8, 4) is 0 Å². The Hall–Kier alpha value is -1.56. The third kappa shape index (κ3) is 5.38. The zero-order chi connectivity index (χ0) is 16.2. The minimum atomic E-state index is -0.819. The lowest BCUT2D eigenvalue weighted by atomic mass is 10.1. The summed E-state index contributed by atoms with van der Waals surface area (Å²) in [5, 5.41) is 2.65. The molecule has 116 valence electrons. The van der Waals surface area contributed by atoms with E-state index in [1.807, 2.05) is 13.8 Å². The standard InChI is InChI=1S/C15H19F2NO2S/c1-8(2)15(19)18-13-5-10(11(16)7-12(13)17)6-14(21)20-9(3)4/h5,7-9H,6H2,1-4H3,(H,18,19). The van der Waals surface area contributed by atoms with Crippen LogP contribution in [0.4, 0.5) is 14.5 Å². The Morgan fingerprint density at radius 2 is 1.86 bits per heavy atom. The molecule has 0 saturated heterocycles. The summed E-state index contributed by atoms with van der Waals surface area (Å²) in [4.78, 5) is 11.6. The van der Waals surface area contributed by atoms with Gasteiger partial charge in [0.1, 0.15) is 11.6 Å². The fraction of sp³-hybridized carbons (Fsp3) is 0.467. The van der Waals surface area contributed by atoms with Crippen LogP contribution in [0.15, 0.2) is 12.1 Å². The number of ether oxygens (including phenoxy) is 1.